The molecule has 0 radical (unpaired) electrons. The number of nitrogen functional groups attached to an aromatic ring is 1. The smallest absolute Gasteiger partial charge is 0.337 e. The summed E-state index contributed by atoms with van der Waals surface area (Å²) in [6, 6.07) is 8.51. The summed E-state index contributed by atoms with van der Waals surface area (Å²) in [6.07, 6.45) is 0. The molecule has 2 aromatic carbocycles. The minimum atomic E-state index is -1.13. The molecule has 0 saturated heterocycles. The highest BCUT2D eigenvalue weighted by atomic mass is 19.1. The lowest BCUT2D eigenvalue weighted by molar-refractivity contribution is 0.0697. The minimum Gasteiger partial charge on any atom is -0.478 e. The van der Waals surface area contributed by atoms with Gasteiger partial charge in [0.25, 0.3) is 0 Å². The standard InChI is InChI=1S/C14H12FNO3/c1-8-5-11(7-12(13(8)16)14(17)18)19-10-4-2-3-9(15)6-10/h2-7H,16H2,1H3,(H,17,18). The molecule has 0 atom stereocenters. The van der Waals surface area contributed by atoms with E-state index < -0.39 is 11.8 Å². The van der Waals surface area contributed by atoms with Crippen molar-refractivity contribution in [3.8, 4) is 11.5 Å². The van der Waals surface area contributed by atoms with Crippen molar-refractivity contribution in [3.05, 3.63) is 53.3 Å². The van der Waals surface area contributed by atoms with Gasteiger partial charge in [0.05, 0.1) is 5.56 Å². The van der Waals surface area contributed by atoms with E-state index in [1.54, 1.807) is 19.1 Å². The molecule has 0 fully saturated rings. The lowest BCUT2D eigenvalue weighted by Crippen LogP contribution is -2.04. The number of aryl methyl sites for hydroxylation is 1. The molecular formula is C14H12FNO3. The average molecular weight is 261 g/mol. The van der Waals surface area contributed by atoms with Crippen LogP contribution in [0.1, 0.15) is 15.9 Å². The van der Waals surface area contributed by atoms with Gasteiger partial charge >= 0.3 is 5.97 Å². The van der Waals surface area contributed by atoms with Gasteiger partial charge < -0.3 is 15.6 Å². The normalized spacial score (nSPS) is 10.2. The Morgan fingerprint density at radius 2 is 2.00 bits per heavy atom. The first-order valence-corrected chi connectivity index (χ1v) is 5.54. The largest absolute Gasteiger partial charge is 0.478 e. The van der Waals surface area contributed by atoms with E-state index in [1.807, 2.05) is 0 Å². The number of hydrogen-bond acceptors (Lipinski definition) is 3. The fourth-order valence-corrected chi connectivity index (χ4v) is 1.67. The van der Waals surface area contributed by atoms with Crippen molar-refractivity contribution >= 4 is 11.7 Å². The maximum Gasteiger partial charge on any atom is 0.337 e. The molecule has 4 nitrogen and oxygen atoms in total. The van der Waals surface area contributed by atoms with Crippen LogP contribution in [0.15, 0.2) is 36.4 Å². The Bertz CT molecular complexity index is 641. The third kappa shape index (κ3) is 2.82. The average Bonchev–Trinajstić information content (AvgIpc) is 2.33. The zero-order valence-corrected chi connectivity index (χ0v) is 10.2. The van der Waals surface area contributed by atoms with Gasteiger partial charge in [0, 0.05) is 11.8 Å². The molecule has 0 aliphatic carbocycles. The first-order chi connectivity index (χ1) is 8.97. The maximum atomic E-state index is 13.0. The van der Waals surface area contributed by atoms with E-state index in [2.05, 4.69) is 0 Å². The van der Waals surface area contributed by atoms with Crippen molar-refractivity contribution < 1.29 is 19.0 Å². The SMILES string of the molecule is Cc1cc(Oc2cccc(F)c2)cc(C(=O)O)c1N. The molecule has 2 rings (SSSR count). The Hall–Kier alpha value is -2.56. The van der Waals surface area contributed by atoms with Gasteiger partial charge in [0.2, 0.25) is 0 Å². The number of aromatic carboxylic acids is 1. The van der Waals surface area contributed by atoms with Gasteiger partial charge in [-0.3, -0.25) is 0 Å². The highest BCUT2D eigenvalue weighted by molar-refractivity contribution is 5.95. The van der Waals surface area contributed by atoms with Crippen LogP contribution in [0.4, 0.5) is 10.1 Å². The molecule has 0 aliphatic heterocycles. The van der Waals surface area contributed by atoms with Crippen LogP contribution in [0.2, 0.25) is 0 Å². The van der Waals surface area contributed by atoms with Crippen LogP contribution in [-0.4, -0.2) is 11.1 Å². The number of hydrogen-bond donors (Lipinski definition) is 2. The first-order valence-electron chi connectivity index (χ1n) is 5.54. The summed E-state index contributed by atoms with van der Waals surface area (Å²) in [5.74, 6) is -0.969. The van der Waals surface area contributed by atoms with Crippen molar-refractivity contribution in [1.82, 2.24) is 0 Å². The molecule has 98 valence electrons. The Labute approximate surface area is 109 Å². The molecule has 5 heteroatoms. The lowest BCUT2D eigenvalue weighted by Gasteiger charge is -2.10. The number of anilines is 1. The molecule has 0 bridgehead atoms. The fraction of sp³-hybridized carbons (Fsp3) is 0.0714. The Kier molecular flexibility index (Phi) is 3.37. The van der Waals surface area contributed by atoms with E-state index >= 15 is 0 Å². The monoisotopic (exact) mass is 261 g/mol. The van der Waals surface area contributed by atoms with Gasteiger partial charge in [0.1, 0.15) is 17.3 Å². The molecule has 0 amide bonds. The van der Waals surface area contributed by atoms with Gasteiger partial charge in [-0.2, -0.15) is 0 Å². The third-order valence-electron chi connectivity index (χ3n) is 2.62. The molecule has 0 spiro atoms. The summed E-state index contributed by atoms with van der Waals surface area (Å²) in [5, 5.41) is 9.03. The summed E-state index contributed by atoms with van der Waals surface area (Å²) in [6.45, 7) is 1.68. The molecule has 0 heterocycles. The molecule has 0 saturated carbocycles. The Balaban J connectivity index is 2.38. The number of ether oxygens (including phenoxy) is 1. The molecular weight excluding hydrogens is 249 g/mol. The van der Waals surface area contributed by atoms with Crippen molar-refractivity contribution in [1.29, 1.82) is 0 Å². The van der Waals surface area contributed by atoms with Crippen molar-refractivity contribution in [2.24, 2.45) is 0 Å². The summed E-state index contributed by atoms with van der Waals surface area (Å²) in [7, 11) is 0. The van der Waals surface area contributed by atoms with Gasteiger partial charge in [-0.25, -0.2) is 9.18 Å². The van der Waals surface area contributed by atoms with E-state index in [-0.39, 0.29) is 11.3 Å². The zero-order chi connectivity index (χ0) is 14.0. The topological polar surface area (TPSA) is 72.5 Å². The number of carbonyl (C=O) groups is 1. The summed E-state index contributed by atoms with van der Waals surface area (Å²) in [4.78, 5) is 11.0. The van der Waals surface area contributed by atoms with Crippen molar-refractivity contribution in [2.45, 2.75) is 6.92 Å². The second kappa shape index (κ2) is 4.97. The van der Waals surface area contributed by atoms with E-state index in [0.717, 1.165) is 0 Å². The van der Waals surface area contributed by atoms with E-state index in [4.69, 9.17) is 15.6 Å². The van der Waals surface area contributed by atoms with Crippen LogP contribution in [0, 0.1) is 12.7 Å². The van der Waals surface area contributed by atoms with E-state index in [1.165, 1.54) is 24.3 Å². The van der Waals surface area contributed by atoms with Crippen LogP contribution in [0.25, 0.3) is 0 Å². The Morgan fingerprint density at radius 3 is 2.63 bits per heavy atom. The van der Waals surface area contributed by atoms with Gasteiger partial charge in [-0.1, -0.05) is 6.07 Å². The predicted octanol–water partition coefficient (Wildman–Crippen LogP) is 3.21. The van der Waals surface area contributed by atoms with Gasteiger partial charge in [-0.05, 0) is 36.8 Å². The van der Waals surface area contributed by atoms with Crippen molar-refractivity contribution in [3.63, 3.8) is 0 Å². The zero-order valence-electron chi connectivity index (χ0n) is 10.2. The Morgan fingerprint density at radius 1 is 1.26 bits per heavy atom. The lowest BCUT2D eigenvalue weighted by atomic mass is 10.1. The molecule has 3 N–H and O–H groups in total. The number of rotatable bonds is 3. The number of carboxylic acid groups (broad SMARTS) is 1. The number of carboxylic acids is 1. The fourth-order valence-electron chi connectivity index (χ4n) is 1.67. The van der Waals surface area contributed by atoms with Crippen LogP contribution in [0.5, 0.6) is 11.5 Å². The van der Waals surface area contributed by atoms with Crippen LogP contribution in [-0.2, 0) is 0 Å². The predicted molar refractivity (Wildman–Crippen MR) is 69.0 cm³/mol. The maximum absolute atomic E-state index is 13.0. The first kappa shape index (κ1) is 12.9. The highest BCUT2D eigenvalue weighted by Gasteiger charge is 2.12. The van der Waals surface area contributed by atoms with Crippen LogP contribution in [0.3, 0.4) is 0 Å². The highest BCUT2D eigenvalue weighted by Crippen LogP contribution is 2.28. The summed E-state index contributed by atoms with van der Waals surface area (Å²) >= 11 is 0. The summed E-state index contributed by atoms with van der Waals surface area (Å²) < 4.78 is 18.5. The van der Waals surface area contributed by atoms with Crippen LogP contribution >= 0.6 is 0 Å². The summed E-state index contributed by atoms with van der Waals surface area (Å²) in [5.41, 5.74) is 6.42. The second-order valence-corrected chi connectivity index (χ2v) is 4.07. The molecule has 0 aromatic heterocycles. The molecule has 2 aromatic rings. The molecule has 0 aliphatic rings. The minimum absolute atomic E-state index is 0.0357. The quantitative estimate of drug-likeness (QED) is 0.832. The number of nitrogens with two attached hydrogens (primary N) is 1. The van der Waals surface area contributed by atoms with Crippen molar-refractivity contribution in [2.75, 3.05) is 5.73 Å². The number of benzene rings is 2. The molecule has 0 unspecified atom stereocenters. The second-order valence-electron chi connectivity index (χ2n) is 4.07. The van der Waals surface area contributed by atoms with Gasteiger partial charge in [-0.15, -0.1) is 0 Å². The van der Waals surface area contributed by atoms with E-state index in [0.29, 0.717) is 17.1 Å². The molecule has 19 heavy (non-hydrogen) atoms. The number of halogens is 1. The van der Waals surface area contributed by atoms with Crippen LogP contribution < -0.4 is 10.5 Å². The van der Waals surface area contributed by atoms with Gasteiger partial charge in [0.15, 0.2) is 0 Å². The van der Waals surface area contributed by atoms with E-state index in [9.17, 15) is 9.18 Å². The third-order valence-corrected chi connectivity index (χ3v) is 2.62.